The van der Waals surface area contributed by atoms with Crippen molar-refractivity contribution in [3.8, 4) is 23.1 Å². The van der Waals surface area contributed by atoms with E-state index in [0.717, 1.165) is 52.5 Å². The van der Waals surface area contributed by atoms with Crippen molar-refractivity contribution in [1.29, 1.82) is 0 Å². The van der Waals surface area contributed by atoms with Gasteiger partial charge in [-0.25, -0.2) is 9.97 Å². The van der Waals surface area contributed by atoms with E-state index < -0.39 is 0 Å². The number of anilines is 4. The number of nitrogens with one attached hydrogen (secondary N) is 3. The van der Waals surface area contributed by atoms with Crippen LogP contribution in [0.2, 0.25) is 0 Å². The van der Waals surface area contributed by atoms with E-state index in [1.165, 1.54) is 19.3 Å². The normalized spacial score (nSPS) is 13.4. The molecule has 0 atom stereocenters. The summed E-state index contributed by atoms with van der Waals surface area (Å²) in [7, 11) is 0. The Hall–Kier alpha value is -4.44. The van der Waals surface area contributed by atoms with E-state index in [1.54, 1.807) is 12.4 Å². The number of hydrogen-bond donors (Lipinski definition) is 3. The summed E-state index contributed by atoms with van der Waals surface area (Å²) in [5.41, 5.74) is 5.33. The highest BCUT2D eigenvalue weighted by Crippen LogP contribution is 2.29. The summed E-state index contributed by atoms with van der Waals surface area (Å²) in [6, 6.07) is 18.5. The zero-order valence-electron chi connectivity index (χ0n) is 21.9. The van der Waals surface area contributed by atoms with Crippen LogP contribution >= 0.6 is 0 Å². The molecule has 0 spiro atoms. The van der Waals surface area contributed by atoms with Crippen molar-refractivity contribution in [2.24, 2.45) is 0 Å². The van der Waals surface area contributed by atoms with Crippen molar-refractivity contribution in [2.75, 3.05) is 16.0 Å². The van der Waals surface area contributed by atoms with E-state index in [9.17, 15) is 0 Å². The van der Waals surface area contributed by atoms with Gasteiger partial charge in [0.15, 0.2) is 0 Å². The predicted octanol–water partition coefficient (Wildman–Crippen LogP) is 6.64. The molecule has 192 valence electrons. The van der Waals surface area contributed by atoms with Gasteiger partial charge in [0.25, 0.3) is 0 Å². The van der Waals surface area contributed by atoms with Gasteiger partial charge in [0.2, 0.25) is 5.95 Å². The maximum Gasteiger partial charge on any atom is 0.229 e. The Kier molecular flexibility index (Phi) is 8.10. The lowest BCUT2D eigenvalue weighted by atomic mass is 9.95. The molecule has 0 bridgehead atoms. The second-order valence-corrected chi connectivity index (χ2v) is 9.83. The summed E-state index contributed by atoms with van der Waals surface area (Å²) in [5.74, 6) is 7.71. The van der Waals surface area contributed by atoms with Crippen LogP contribution in [0.5, 0.6) is 0 Å². The Labute approximate surface area is 224 Å². The van der Waals surface area contributed by atoms with Crippen molar-refractivity contribution in [1.82, 2.24) is 19.9 Å². The number of rotatable bonds is 7. The van der Waals surface area contributed by atoms with Gasteiger partial charge in [-0.15, -0.1) is 0 Å². The largest absolute Gasteiger partial charge is 0.383 e. The van der Waals surface area contributed by atoms with Gasteiger partial charge in [0.05, 0.1) is 11.3 Å². The molecule has 3 aromatic heterocycles. The molecule has 0 amide bonds. The van der Waals surface area contributed by atoms with Crippen LogP contribution in [0.25, 0.3) is 11.3 Å². The Bertz CT molecular complexity index is 1400. The molecule has 1 aromatic carbocycles. The van der Waals surface area contributed by atoms with Crippen molar-refractivity contribution in [2.45, 2.75) is 58.0 Å². The molecule has 0 saturated heterocycles. The third kappa shape index (κ3) is 6.86. The fourth-order valence-electron chi connectivity index (χ4n) is 4.53. The maximum atomic E-state index is 4.85. The molecule has 7 nitrogen and oxygen atoms in total. The first kappa shape index (κ1) is 25.2. The monoisotopic (exact) mass is 503 g/mol. The zero-order chi connectivity index (χ0) is 26.2. The summed E-state index contributed by atoms with van der Waals surface area (Å²) in [6.07, 6.45) is 11.5. The van der Waals surface area contributed by atoms with E-state index in [2.05, 4.69) is 56.6 Å². The summed E-state index contributed by atoms with van der Waals surface area (Å²) < 4.78 is 0. The molecule has 5 rings (SSSR count). The van der Waals surface area contributed by atoms with Gasteiger partial charge in [0.1, 0.15) is 11.5 Å². The van der Waals surface area contributed by atoms with Gasteiger partial charge >= 0.3 is 0 Å². The van der Waals surface area contributed by atoms with Crippen LogP contribution in [0.4, 0.5) is 23.1 Å². The molecular formula is C31H33N7. The third-order valence-electron chi connectivity index (χ3n) is 6.37. The molecule has 3 heterocycles. The molecule has 1 fully saturated rings. The van der Waals surface area contributed by atoms with Gasteiger partial charge < -0.3 is 16.0 Å². The number of benzene rings is 1. The molecule has 0 aliphatic heterocycles. The van der Waals surface area contributed by atoms with E-state index in [0.29, 0.717) is 18.0 Å². The second kappa shape index (κ2) is 12.2. The molecule has 0 unspecified atom stereocenters. The molecule has 1 aliphatic rings. The van der Waals surface area contributed by atoms with Crippen LogP contribution in [0.15, 0.2) is 73.2 Å². The molecule has 4 aromatic rings. The minimum Gasteiger partial charge on any atom is -0.383 e. The summed E-state index contributed by atoms with van der Waals surface area (Å²) in [4.78, 5) is 18.3. The quantitative estimate of drug-likeness (QED) is 0.244. The maximum absolute atomic E-state index is 4.85. The SMILES string of the molecule is CC(C)Nc1ccnc(C#Cc2ccc(Nc3ncc(-c4ccccn4)c(NC4CCCCC4)n3)cc2)c1. The molecule has 1 aliphatic carbocycles. The number of nitrogens with zero attached hydrogens (tertiary/aromatic N) is 4. The highest BCUT2D eigenvalue weighted by molar-refractivity contribution is 5.73. The van der Waals surface area contributed by atoms with Gasteiger partial charge in [-0.3, -0.25) is 4.98 Å². The first-order chi connectivity index (χ1) is 18.6. The number of pyridine rings is 2. The first-order valence-corrected chi connectivity index (χ1v) is 13.3. The predicted molar refractivity (Wildman–Crippen MR) is 154 cm³/mol. The Morgan fingerprint density at radius 3 is 2.45 bits per heavy atom. The fraction of sp³-hybridized carbons (Fsp3) is 0.290. The number of hydrogen-bond acceptors (Lipinski definition) is 7. The standard InChI is InChI=1S/C31H33N7/c1-22(2)35-27-17-19-32-26(20-27)16-13-23-11-14-25(15-12-23)37-31-34-21-28(29-10-6-7-18-33-29)30(38-31)36-24-8-4-3-5-9-24/h6-7,10-12,14-15,17-22,24H,3-5,8-9H2,1-2H3,(H,32,35)(H2,34,36,37,38). The van der Waals surface area contributed by atoms with Gasteiger partial charge in [-0.2, -0.15) is 4.98 Å². The average Bonchev–Trinajstić information content (AvgIpc) is 2.94. The van der Waals surface area contributed by atoms with Crippen LogP contribution in [0, 0.1) is 11.8 Å². The highest BCUT2D eigenvalue weighted by Gasteiger charge is 2.17. The first-order valence-electron chi connectivity index (χ1n) is 13.3. The lowest BCUT2D eigenvalue weighted by molar-refractivity contribution is 0.462. The average molecular weight is 504 g/mol. The molecule has 38 heavy (non-hydrogen) atoms. The summed E-state index contributed by atoms with van der Waals surface area (Å²) in [5, 5.41) is 10.4. The summed E-state index contributed by atoms with van der Waals surface area (Å²) >= 11 is 0. The minimum absolute atomic E-state index is 0.354. The fourth-order valence-corrected chi connectivity index (χ4v) is 4.53. The molecular weight excluding hydrogens is 470 g/mol. The van der Waals surface area contributed by atoms with Gasteiger partial charge in [-0.05, 0) is 81.1 Å². The lowest BCUT2D eigenvalue weighted by Crippen LogP contribution is -2.23. The van der Waals surface area contributed by atoms with E-state index in [1.807, 2.05) is 60.8 Å². The van der Waals surface area contributed by atoms with Gasteiger partial charge in [-0.1, -0.05) is 31.2 Å². The zero-order valence-corrected chi connectivity index (χ0v) is 21.9. The molecule has 7 heteroatoms. The Balaban J connectivity index is 1.31. The van der Waals surface area contributed by atoms with Crippen LogP contribution in [0.1, 0.15) is 57.2 Å². The Morgan fingerprint density at radius 1 is 0.842 bits per heavy atom. The minimum atomic E-state index is 0.354. The molecule has 1 saturated carbocycles. The van der Waals surface area contributed by atoms with Crippen LogP contribution in [-0.4, -0.2) is 32.0 Å². The summed E-state index contributed by atoms with van der Waals surface area (Å²) in [6.45, 7) is 4.21. The van der Waals surface area contributed by atoms with Crippen molar-refractivity contribution >= 4 is 23.1 Å². The molecule has 3 N–H and O–H groups in total. The lowest BCUT2D eigenvalue weighted by Gasteiger charge is -2.24. The second-order valence-electron chi connectivity index (χ2n) is 9.83. The highest BCUT2D eigenvalue weighted by atomic mass is 15.1. The van der Waals surface area contributed by atoms with Gasteiger partial charge in [0, 0.05) is 47.6 Å². The third-order valence-corrected chi connectivity index (χ3v) is 6.37. The van der Waals surface area contributed by atoms with Crippen molar-refractivity contribution in [3.63, 3.8) is 0 Å². The van der Waals surface area contributed by atoms with E-state index in [-0.39, 0.29) is 0 Å². The van der Waals surface area contributed by atoms with Crippen molar-refractivity contribution < 1.29 is 0 Å². The van der Waals surface area contributed by atoms with Crippen LogP contribution < -0.4 is 16.0 Å². The van der Waals surface area contributed by atoms with E-state index in [4.69, 9.17) is 4.98 Å². The molecule has 0 radical (unpaired) electrons. The number of aromatic nitrogens is 4. The van der Waals surface area contributed by atoms with Crippen molar-refractivity contribution in [3.05, 3.63) is 84.4 Å². The Morgan fingerprint density at radius 2 is 1.68 bits per heavy atom. The van der Waals surface area contributed by atoms with E-state index >= 15 is 0 Å². The van der Waals surface area contributed by atoms with Crippen LogP contribution in [-0.2, 0) is 0 Å². The smallest absolute Gasteiger partial charge is 0.229 e. The van der Waals surface area contributed by atoms with Crippen LogP contribution in [0.3, 0.4) is 0 Å². The topological polar surface area (TPSA) is 87.7 Å².